The number of ether oxygens (including phenoxy) is 3. The van der Waals surface area contributed by atoms with E-state index in [4.69, 9.17) is 25.8 Å². The van der Waals surface area contributed by atoms with Gasteiger partial charge < -0.3 is 19.2 Å². The van der Waals surface area contributed by atoms with Crippen LogP contribution >= 0.6 is 11.6 Å². The van der Waals surface area contributed by atoms with Crippen LogP contribution in [0, 0.1) is 11.8 Å². The highest BCUT2D eigenvalue weighted by Gasteiger charge is 2.42. The van der Waals surface area contributed by atoms with E-state index in [-0.39, 0.29) is 17.9 Å². The molecular weight excluding hydrogens is 404 g/mol. The fourth-order valence-electron chi connectivity index (χ4n) is 5.31. The lowest BCUT2D eigenvalue weighted by Gasteiger charge is -2.46. The maximum Gasteiger partial charge on any atom is 0.337 e. The third kappa shape index (κ3) is 3.36. The zero-order valence-corrected chi connectivity index (χ0v) is 18.7. The number of nitrogens with zero attached hydrogens (tertiary/aromatic N) is 1. The highest BCUT2D eigenvalue weighted by Crippen LogP contribution is 2.47. The number of hydrogen-bond donors (Lipinski definition) is 1. The van der Waals surface area contributed by atoms with Crippen molar-refractivity contribution in [2.75, 3.05) is 34.4 Å². The molecule has 4 rings (SSSR count). The third-order valence-electron chi connectivity index (χ3n) is 6.75. The summed E-state index contributed by atoms with van der Waals surface area (Å²) in [5, 5.41) is 1.77. The molecule has 162 valence electrons. The first-order valence-electron chi connectivity index (χ1n) is 10.5. The number of carbonyl (C=O) groups excluding carboxylic acids is 1. The van der Waals surface area contributed by atoms with Crippen LogP contribution in [0.4, 0.5) is 0 Å². The molecule has 1 saturated heterocycles. The van der Waals surface area contributed by atoms with Gasteiger partial charge in [-0.05, 0) is 42.4 Å². The monoisotopic (exact) mass is 432 g/mol. The molecule has 7 heteroatoms. The number of nitrogens with one attached hydrogen (secondary N) is 1. The first kappa shape index (κ1) is 21.1. The van der Waals surface area contributed by atoms with Gasteiger partial charge in [0.05, 0.1) is 49.7 Å². The van der Waals surface area contributed by atoms with Gasteiger partial charge in [-0.2, -0.15) is 0 Å². The van der Waals surface area contributed by atoms with E-state index in [1.54, 1.807) is 20.5 Å². The van der Waals surface area contributed by atoms with Crippen LogP contribution in [0.3, 0.4) is 0 Å². The van der Waals surface area contributed by atoms with Crippen molar-refractivity contribution in [3.05, 3.63) is 40.2 Å². The Bertz CT molecular complexity index is 983. The van der Waals surface area contributed by atoms with Crippen LogP contribution in [-0.2, 0) is 20.7 Å². The van der Waals surface area contributed by atoms with Crippen LogP contribution in [0.25, 0.3) is 10.9 Å². The van der Waals surface area contributed by atoms with E-state index in [2.05, 4.69) is 16.8 Å². The molecule has 6 nitrogen and oxygen atoms in total. The van der Waals surface area contributed by atoms with Gasteiger partial charge in [0.1, 0.15) is 5.75 Å². The zero-order chi connectivity index (χ0) is 21.4. The van der Waals surface area contributed by atoms with E-state index >= 15 is 0 Å². The van der Waals surface area contributed by atoms with Crippen molar-refractivity contribution in [2.24, 2.45) is 11.8 Å². The number of benzene rings is 1. The number of esters is 1. The second-order valence-corrected chi connectivity index (χ2v) is 8.50. The van der Waals surface area contributed by atoms with Gasteiger partial charge in [-0.25, -0.2) is 4.79 Å². The fraction of sp³-hybridized carbons (Fsp3) is 0.522. The molecule has 30 heavy (non-hydrogen) atoms. The summed E-state index contributed by atoms with van der Waals surface area (Å²) in [4.78, 5) is 18.6. The Labute approximate surface area is 182 Å². The SMILES string of the molecule is CCC1CN2CCc3c([nH]c4c(Cl)ccc(OC)c34)C2CC1/C(=C\OC)C(=O)OC. The number of rotatable bonds is 5. The largest absolute Gasteiger partial charge is 0.504 e. The number of hydrogen-bond acceptors (Lipinski definition) is 5. The Morgan fingerprint density at radius 1 is 1.33 bits per heavy atom. The highest BCUT2D eigenvalue weighted by molar-refractivity contribution is 6.35. The molecule has 0 aliphatic carbocycles. The lowest BCUT2D eigenvalue weighted by atomic mass is 9.74. The second-order valence-electron chi connectivity index (χ2n) is 8.09. The summed E-state index contributed by atoms with van der Waals surface area (Å²) in [5.41, 5.74) is 4.00. The topological polar surface area (TPSA) is 63.8 Å². The molecule has 0 spiro atoms. The van der Waals surface area contributed by atoms with Crippen molar-refractivity contribution in [2.45, 2.75) is 32.2 Å². The molecule has 3 heterocycles. The van der Waals surface area contributed by atoms with Crippen LogP contribution < -0.4 is 4.74 Å². The molecule has 0 amide bonds. The van der Waals surface area contributed by atoms with E-state index in [9.17, 15) is 4.79 Å². The standard InChI is InChI=1S/C23H29ClN2O4/c1-5-13-11-26-9-8-14-20-19(29-3)7-6-17(24)22(20)25-21(14)18(26)10-15(13)16(12-28-2)23(27)30-4/h6-7,12-13,15,18,25H,5,8-11H2,1-4H3/b16-12+. The van der Waals surface area contributed by atoms with Crippen molar-refractivity contribution in [1.82, 2.24) is 9.88 Å². The van der Waals surface area contributed by atoms with Gasteiger partial charge in [0, 0.05) is 24.2 Å². The summed E-state index contributed by atoms with van der Waals surface area (Å²) < 4.78 is 16.0. The molecule has 2 aliphatic rings. The smallest absolute Gasteiger partial charge is 0.337 e. The average molecular weight is 433 g/mol. The Hall–Kier alpha value is -2.18. The average Bonchev–Trinajstić information content (AvgIpc) is 3.17. The number of carbonyl (C=O) groups is 1. The van der Waals surface area contributed by atoms with E-state index in [0.29, 0.717) is 16.5 Å². The predicted octanol–water partition coefficient (Wildman–Crippen LogP) is 4.48. The number of piperidine rings is 1. The minimum Gasteiger partial charge on any atom is -0.504 e. The summed E-state index contributed by atoms with van der Waals surface area (Å²) in [5.74, 6) is 0.962. The fourth-order valence-corrected chi connectivity index (χ4v) is 5.51. The molecule has 0 radical (unpaired) electrons. The number of aromatic nitrogens is 1. The number of methoxy groups -OCH3 is 3. The maximum atomic E-state index is 12.5. The van der Waals surface area contributed by atoms with Gasteiger partial charge >= 0.3 is 5.97 Å². The molecular formula is C23H29ClN2O4. The quantitative estimate of drug-likeness (QED) is 0.428. The lowest BCUT2D eigenvalue weighted by Crippen LogP contribution is -2.47. The minimum absolute atomic E-state index is 0.0679. The summed E-state index contributed by atoms with van der Waals surface area (Å²) in [6.45, 7) is 4.09. The van der Waals surface area contributed by atoms with Gasteiger partial charge in [0.25, 0.3) is 0 Å². The van der Waals surface area contributed by atoms with Crippen LogP contribution in [0.2, 0.25) is 5.02 Å². The zero-order valence-electron chi connectivity index (χ0n) is 18.0. The molecule has 3 atom stereocenters. The summed E-state index contributed by atoms with van der Waals surface area (Å²) in [7, 11) is 4.69. The summed E-state index contributed by atoms with van der Waals surface area (Å²) >= 11 is 6.52. The summed E-state index contributed by atoms with van der Waals surface area (Å²) in [6, 6.07) is 3.98. The molecule has 0 saturated carbocycles. The van der Waals surface area contributed by atoms with Crippen LogP contribution in [0.1, 0.15) is 37.1 Å². The van der Waals surface area contributed by atoms with Crippen molar-refractivity contribution in [3.63, 3.8) is 0 Å². The van der Waals surface area contributed by atoms with Crippen molar-refractivity contribution in [3.8, 4) is 5.75 Å². The number of halogens is 1. The second kappa shape index (κ2) is 8.52. The number of fused-ring (bicyclic) bond motifs is 5. The first-order chi connectivity index (χ1) is 14.5. The molecule has 2 aromatic rings. The van der Waals surface area contributed by atoms with Gasteiger partial charge in [0.2, 0.25) is 0 Å². The van der Waals surface area contributed by atoms with Gasteiger partial charge in [-0.1, -0.05) is 24.9 Å². The third-order valence-corrected chi connectivity index (χ3v) is 7.07. The highest BCUT2D eigenvalue weighted by atomic mass is 35.5. The van der Waals surface area contributed by atoms with E-state index in [0.717, 1.165) is 49.0 Å². The Kier molecular flexibility index (Phi) is 5.98. The Balaban J connectivity index is 1.79. The molecule has 1 N–H and O–H groups in total. The molecule has 1 aromatic heterocycles. The van der Waals surface area contributed by atoms with E-state index in [1.807, 2.05) is 12.1 Å². The molecule has 1 aromatic carbocycles. The van der Waals surface area contributed by atoms with Crippen LogP contribution in [0.15, 0.2) is 24.0 Å². The molecule has 2 aliphatic heterocycles. The van der Waals surface area contributed by atoms with Crippen LogP contribution in [-0.4, -0.2) is 50.3 Å². The lowest BCUT2D eigenvalue weighted by molar-refractivity contribution is -0.137. The van der Waals surface area contributed by atoms with Gasteiger partial charge in [0.15, 0.2) is 0 Å². The summed E-state index contributed by atoms with van der Waals surface area (Å²) in [6.07, 6.45) is 4.32. The number of aromatic amines is 1. The van der Waals surface area contributed by atoms with E-state index in [1.165, 1.54) is 18.4 Å². The van der Waals surface area contributed by atoms with Crippen molar-refractivity contribution in [1.29, 1.82) is 0 Å². The molecule has 0 bridgehead atoms. The van der Waals surface area contributed by atoms with Crippen molar-refractivity contribution >= 4 is 28.5 Å². The minimum atomic E-state index is -0.314. The normalized spacial score (nSPS) is 24.3. The van der Waals surface area contributed by atoms with Crippen molar-refractivity contribution < 1.29 is 19.0 Å². The van der Waals surface area contributed by atoms with E-state index < -0.39 is 0 Å². The Morgan fingerprint density at radius 2 is 2.13 bits per heavy atom. The molecule has 3 unspecified atom stereocenters. The van der Waals surface area contributed by atoms with Crippen LogP contribution in [0.5, 0.6) is 5.75 Å². The van der Waals surface area contributed by atoms with Gasteiger partial charge in [-0.3, -0.25) is 4.90 Å². The predicted molar refractivity (Wildman–Crippen MR) is 117 cm³/mol. The Morgan fingerprint density at radius 3 is 2.80 bits per heavy atom. The first-order valence-corrected chi connectivity index (χ1v) is 10.8. The molecule has 1 fully saturated rings. The maximum absolute atomic E-state index is 12.5. The number of H-pyrrole nitrogens is 1. The van der Waals surface area contributed by atoms with Gasteiger partial charge in [-0.15, -0.1) is 0 Å².